The van der Waals surface area contributed by atoms with E-state index in [1.165, 1.54) is 48.2 Å². The Morgan fingerprint density at radius 1 is 1.08 bits per heavy atom. The first-order chi connectivity index (χ1) is 12.2. The van der Waals surface area contributed by atoms with Gasteiger partial charge in [0.05, 0.1) is 7.11 Å². The van der Waals surface area contributed by atoms with Crippen LogP contribution in [0.5, 0.6) is 5.75 Å². The van der Waals surface area contributed by atoms with Crippen molar-refractivity contribution >= 4 is 0 Å². The molecule has 25 heavy (non-hydrogen) atoms. The summed E-state index contributed by atoms with van der Waals surface area (Å²) in [6.45, 7) is 8.60. The SMILES string of the molecule is COc1cccc(C(CNCc2ccc(C)cc2C)N2CCCC2)c1. The van der Waals surface area contributed by atoms with Crippen LogP contribution in [0.3, 0.4) is 0 Å². The fourth-order valence-electron chi connectivity index (χ4n) is 3.75. The molecule has 0 radical (unpaired) electrons. The van der Waals surface area contributed by atoms with Crippen molar-refractivity contribution in [3.8, 4) is 5.75 Å². The van der Waals surface area contributed by atoms with Crippen molar-refractivity contribution < 1.29 is 4.74 Å². The highest BCUT2D eigenvalue weighted by Gasteiger charge is 2.23. The molecule has 0 saturated carbocycles. The number of nitrogens with one attached hydrogen (secondary N) is 1. The minimum Gasteiger partial charge on any atom is -0.497 e. The lowest BCUT2D eigenvalue weighted by atomic mass is 10.0. The summed E-state index contributed by atoms with van der Waals surface area (Å²) in [6, 6.07) is 15.6. The first-order valence-corrected chi connectivity index (χ1v) is 9.32. The van der Waals surface area contributed by atoms with Crippen LogP contribution in [0.2, 0.25) is 0 Å². The third kappa shape index (κ3) is 4.62. The number of hydrogen-bond donors (Lipinski definition) is 1. The second-order valence-corrected chi connectivity index (χ2v) is 7.10. The number of benzene rings is 2. The second-order valence-electron chi connectivity index (χ2n) is 7.10. The molecule has 0 amide bonds. The van der Waals surface area contributed by atoms with Gasteiger partial charge >= 0.3 is 0 Å². The Morgan fingerprint density at radius 3 is 2.60 bits per heavy atom. The Bertz CT molecular complexity index is 692. The molecule has 1 N–H and O–H groups in total. The first-order valence-electron chi connectivity index (χ1n) is 9.32. The predicted molar refractivity (Wildman–Crippen MR) is 104 cm³/mol. The normalized spacial score (nSPS) is 16.1. The molecule has 0 aliphatic carbocycles. The van der Waals surface area contributed by atoms with Crippen molar-refractivity contribution in [2.24, 2.45) is 0 Å². The maximum atomic E-state index is 5.43. The molecule has 3 heteroatoms. The monoisotopic (exact) mass is 338 g/mol. The van der Waals surface area contributed by atoms with Gasteiger partial charge in [-0.15, -0.1) is 0 Å². The molecule has 1 heterocycles. The highest BCUT2D eigenvalue weighted by molar-refractivity contribution is 5.32. The molecule has 2 aromatic rings. The van der Waals surface area contributed by atoms with E-state index in [4.69, 9.17) is 4.74 Å². The van der Waals surface area contributed by atoms with Crippen molar-refractivity contribution in [1.29, 1.82) is 0 Å². The van der Waals surface area contributed by atoms with Crippen LogP contribution in [-0.2, 0) is 6.54 Å². The van der Waals surface area contributed by atoms with Gasteiger partial charge in [0, 0.05) is 19.1 Å². The van der Waals surface area contributed by atoms with Crippen molar-refractivity contribution in [3.63, 3.8) is 0 Å². The van der Waals surface area contributed by atoms with Gasteiger partial charge in [0.25, 0.3) is 0 Å². The molecule has 1 atom stereocenters. The van der Waals surface area contributed by atoms with Gasteiger partial charge in [-0.3, -0.25) is 4.90 Å². The Hall–Kier alpha value is -1.84. The highest BCUT2D eigenvalue weighted by atomic mass is 16.5. The summed E-state index contributed by atoms with van der Waals surface area (Å²) < 4.78 is 5.43. The average Bonchev–Trinajstić information content (AvgIpc) is 3.14. The zero-order valence-electron chi connectivity index (χ0n) is 15.7. The topological polar surface area (TPSA) is 24.5 Å². The molecule has 3 rings (SSSR count). The maximum absolute atomic E-state index is 5.43. The van der Waals surface area contributed by atoms with Crippen LogP contribution in [0.4, 0.5) is 0 Å². The summed E-state index contributed by atoms with van der Waals surface area (Å²) in [4.78, 5) is 2.60. The van der Waals surface area contributed by atoms with E-state index in [0.29, 0.717) is 6.04 Å². The molecule has 1 aliphatic heterocycles. The molecule has 0 bridgehead atoms. The van der Waals surface area contributed by atoms with Gasteiger partial charge < -0.3 is 10.1 Å². The van der Waals surface area contributed by atoms with E-state index in [1.807, 2.05) is 6.07 Å². The molecule has 3 nitrogen and oxygen atoms in total. The van der Waals surface area contributed by atoms with Crippen LogP contribution in [-0.4, -0.2) is 31.6 Å². The largest absolute Gasteiger partial charge is 0.497 e. The molecule has 1 saturated heterocycles. The molecule has 134 valence electrons. The van der Waals surface area contributed by atoms with Gasteiger partial charge in [-0.05, 0) is 68.6 Å². The molecule has 1 aliphatic rings. The zero-order chi connectivity index (χ0) is 17.6. The predicted octanol–water partition coefficient (Wildman–Crippen LogP) is 4.24. The average molecular weight is 338 g/mol. The van der Waals surface area contributed by atoms with Crippen LogP contribution in [0.25, 0.3) is 0 Å². The number of aryl methyl sites for hydroxylation is 2. The van der Waals surface area contributed by atoms with Crippen molar-refractivity contribution in [2.75, 3.05) is 26.7 Å². The molecule has 1 fully saturated rings. The summed E-state index contributed by atoms with van der Waals surface area (Å²) in [5.74, 6) is 0.941. The lowest BCUT2D eigenvalue weighted by Crippen LogP contribution is -2.34. The Balaban J connectivity index is 1.69. The molecule has 0 aromatic heterocycles. The maximum Gasteiger partial charge on any atom is 0.119 e. The highest BCUT2D eigenvalue weighted by Crippen LogP contribution is 2.27. The van der Waals surface area contributed by atoms with E-state index in [2.05, 4.69) is 60.5 Å². The fraction of sp³-hybridized carbons (Fsp3) is 0.455. The number of rotatable bonds is 7. The lowest BCUT2D eigenvalue weighted by Gasteiger charge is -2.28. The van der Waals surface area contributed by atoms with Crippen molar-refractivity contribution in [2.45, 2.75) is 39.3 Å². The molecule has 2 aromatic carbocycles. The van der Waals surface area contributed by atoms with Crippen molar-refractivity contribution in [3.05, 3.63) is 64.7 Å². The quantitative estimate of drug-likeness (QED) is 0.817. The van der Waals surface area contributed by atoms with Gasteiger partial charge in [0.15, 0.2) is 0 Å². The number of methoxy groups -OCH3 is 1. The van der Waals surface area contributed by atoms with E-state index in [9.17, 15) is 0 Å². The van der Waals surface area contributed by atoms with E-state index in [0.717, 1.165) is 18.8 Å². The van der Waals surface area contributed by atoms with E-state index in [1.54, 1.807) is 7.11 Å². The van der Waals surface area contributed by atoms with E-state index >= 15 is 0 Å². The van der Waals surface area contributed by atoms with Crippen LogP contribution >= 0.6 is 0 Å². The number of ether oxygens (including phenoxy) is 1. The van der Waals surface area contributed by atoms with Gasteiger partial charge in [0.1, 0.15) is 5.75 Å². The summed E-state index contributed by atoms with van der Waals surface area (Å²) >= 11 is 0. The van der Waals surface area contributed by atoms with E-state index < -0.39 is 0 Å². The summed E-state index contributed by atoms with van der Waals surface area (Å²) in [7, 11) is 1.74. The fourth-order valence-corrected chi connectivity index (χ4v) is 3.75. The Morgan fingerprint density at radius 2 is 1.88 bits per heavy atom. The van der Waals surface area contributed by atoms with Gasteiger partial charge in [-0.2, -0.15) is 0 Å². The molecular formula is C22H30N2O. The zero-order valence-corrected chi connectivity index (χ0v) is 15.7. The summed E-state index contributed by atoms with van der Waals surface area (Å²) in [6.07, 6.45) is 2.61. The third-order valence-corrected chi connectivity index (χ3v) is 5.21. The molecular weight excluding hydrogens is 308 g/mol. The van der Waals surface area contributed by atoms with Crippen LogP contribution in [0, 0.1) is 13.8 Å². The Kier molecular flexibility index (Phi) is 6.11. The minimum atomic E-state index is 0.406. The number of likely N-dealkylation sites (tertiary alicyclic amines) is 1. The molecule has 0 spiro atoms. The summed E-state index contributed by atoms with van der Waals surface area (Å²) in [5, 5.41) is 3.69. The Labute approximate surface area is 152 Å². The van der Waals surface area contributed by atoms with Crippen LogP contribution < -0.4 is 10.1 Å². The summed E-state index contributed by atoms with van der Waals surface area (Å²) in [5.41, 5.74) is 5.42. The van der Waals surface area contributed by atoms with Gasteiger partial charge in [-0.25, -0.2) is 0 Å². The van der Waals surface area contributed by atoms with Gasteiger partial charge in [-0.1, -0.05) is 35.9 Å². The minimum absolute atomic E-state index is 0.406. The van der Waals surface area contributed by atoms with Crippen molar-refractivity contribution in [1.82, 2.24) is 10.2 Å². The van der Waals surface area contributed by atoms with Gasteiger partial charge in [0.2, 0.25) is 0 Å². The van der Waals surface area contributed by atoms with Crippen LogP contribution in [0.15, 0.2) is 42.5 Å². The second kappa shape index (κ2) is 8.50. The molecule has 1 unspecified atom stereocenters. The lowest BCUT2D eigenvalue weighted by molar-refractivity contribution is 0.238. The standard InChI is InChI=1S/C22H30N2O/c1-17-9-10-20(18(2)13-17)15-23-16-22(24-11-4-5-12-24)19-7-6-8-21(14-19)25-3/h6-10,13-14,22-23H,4-5,11-12,15-16H2,1-3H3. The smallest absolute Gasteiger partial charge is 0.119 e. The third-order valence-electron chi connectivity index (χ3n) is 5.21. The van der Waals surface area contributed by atoms with E-state index in [-0.39, 0.29) is 0 Å². The van der Waals surface area contributed by atoms with Crippen LogP contribution in [0.1, 0.15) is 41.1 Å². The first kappa shape index (κ1) is 18.0. The number of hydrogen-bond acceptors (Lipinski definition) is 3. The number of nitrogens with zero attached hydrogens (tertiary/aromatic N) is 1.